The molecule has 1 atom stereocenters. The third kappa shape index (κ3) is 3.81. The highest BCUT2D eigenvalue weighted by Crippen LogP contribution is 2.25. The molecule has 0 spiro atoms. The van der Waals surface area contributed by atoms with Gasteiger partial charge in [-0.1, -0.05) is 19.1 Å². The highest BCUT2D eigenvalue weighted by atomic mass is 127. The van der Waals surface area contributed by atoms with Gasteiger partial charge in [-0.25, -0.2) is 0 Å². The van der Waals surface area contributed by atoms with Gasteiger partial charge in [0.25, 0.3) is 0 Å². The van der Waals surface area contributed by atoms with E-state index in [0.717, 1.165) is 18.1 Å². The minimum atomic E-state index is 0.0883. The summed E-state index contributed by atoms with van der Waals surface area (Å²) in [6, 6.07) is 12.5. The summed E-state index contributed by atoms with van der Waals surface area (Å²) in [5.41, 5.74) is 1.21. The zero-order valence-electron chi connectivity index (χ0n) is 11.2. The average Bonchev–Trinajstić information content (AvgIpc) is 2.85. The number of methoxy groups -OCH3 is 1. The molecule has 0 aliphatic heterocycles. The molecule has 1 N–H and O–H groups in total. The Bertz CT molecular complexity index is 524. The topological polar surface area (TPSA) is 34.4 Å². The van der Waals surface area contributed by atoms with E-state index in [4.69, 9.17) is 9.15 Å². The smallest absolute Gasteiger partial charge is 0.129 e. The Kier molecular flexibility index (Phi) is 5.42. The van der Waals surface area contributed by atoms with Crippen molar-refractivity contribution in [2.75, 3.05) is 13.7 Å². The van der Waals surface area contributed by atoms with E-state index in [1.165, 1.54) is 9.13 Å². The molecule has 0 amide bonds. The fourth-order valence-corrected chi connectivity index (χ4v) is 2.61. The molecule has 0 radical (unpaired) electrons. The van der Waals surface area contributed by atoms with Gasteiger partial charge in [-0.3, -0.25) is 0 Å². The van der Waals surface area contributed by atoms with Crippen molar-refractivity contribution in [1.82, 2.24) is 5.32 Å². The van der Waals surface area contributed by atoms with E-state index in [9.17, 15) is 0 Å². The number of hydrogen-bond acceptors (Lipinski definition) is 3. The summed E-state index contributed by atoms with van der Waals surface area (Å²) in [6.45, 7) is 3.49. The van der Waals surface area contributed by atoms with Crippen LogP contribution in [-0.4, -0.2) is 13.7 Å². The molecule has 102 valence electrons. The lowest BCUT2D eigenvalue weighted by Gasteiger charge is -2.16. The molecule has 2 rings (SSSR count). The molecule has 4 heteroatoms. The maximum atomic E-state index is 5.84. The predicted molar refractivity (Wildman–Crippen MR) is 84.1 cm³/mol. The number of nitrogens with one attached hydrogen (secondary N) is 1. The summed E-state index contributed by atoms with van der Waals surface area (Å²) in [6.07, 6.45) is 0. The number of hydrogen-bond donors (Lipinski definition) is 1. The summed E-state index contributed by atoms with van der Waals surface area (Å²) in [5.74, 6) is 1.78. The zero-order chi connectivity index (χ0) is 13.7. The number of rotatable bonds is 6. The summed E-state index contributed by atoms with van der Waals surface area (Å²) in [7, 11) is 1.67. The van der Waals surface area contributed by atoms with Crippen molar-refractivity contribution in [3.63, 3.8) is 0 Å². The van der Waals surface area contributed by atoms with E-state index < -0.39 is 0 Å². The second kappa shape index (κ2) is 7.07. The van der Waals surface area contributed by atoms with Gasteiger partial charge < -0.3 is 14.5 Å². The molecule has 1 heterocycles. The predicted octanol–water partition coefficient (Wildman–Crippen LogP) is 3.73. The summed E-state index contributed by atoms with van der Waals surface area (Å²) < 4.78 is 12.2. The zero-order valence-corrected chi connectivity index (χ0v) is 13.3. The lowest BCUT2D eigenvalue weighted by Crippen LogP contribution is -2.21. The molecule has 0 fully saturated rings. The van der Waals surface area contributed by atoms with Crippen LogP contribution in [0.15, 0.2) is 40.8 Å². The van der Waals surface area contributed by atoms with Crippen LogP contribution in [0.5, 0.6) is 0 Å². The molecule has 0 saturated heterocycles. The third-order valence-corrected chi connectivity index (χ3v) is 3.51. The van der Waals surface area contributed by atoms with Crippen LogP contribution in [0.25, 0.3) is 0 Å². The van der Waals surface area contributed by atoms with Crippen molar-refractivity contribution in [1.29, 1.82) is 0 Å². The van der Waals surface area contributed by atoms with Gasteiger partial charge in [0.15, 0.2) is 0 Å². The van der Waals surface area contributed by atoms with Crippen molar-refractivity contribution >= 4 is 22.6 Å². The van der Waals surface area contributed by atoms with Crippen LogP contribution in [0.3, 0.4) is 0 Å². The molecular formula is C15H18INO2. The fourth-order valence-electron chi connectivity index (χ4n) is 2.04. The molecule has 3 nitrogen and oxygen atoms in total. The van der Waals surface area contributed by atoms with Crippen molar-refractivity contribution in [3.8, 4) is 0 Å². The Morgan fingerprint density at radius 3 is 2.84 bits per heavy atom. The summed E-state index contributed by atoms with van der Waals surface area (Å²) >= 11 is 2.33. The van der Waals surface area contributed by atoms with E-state index in [2.05, 4.69) is 59.1 Å². The third-order valence-electron chi connectivity index (χ3n) is 2.84. The van der Waals surface area contributed by atoms with Crippen molar-refractivity contribution < 1.29 is 9.15 Å². The first kappa shape index (κ1) is 14.6. The van der Waals surface area contributed by atoms with E-state index >= 15 is 0 Å². The Morgan fingerprint density at radius 1 is 1.32 bits per heavy atom. The second-order valence-corrected chi connectivity index (χ2v) is 5.53. The van der Waals surface area contributed by atoms with Gasteiger partial charge in [-0.05, 0) is 59.0 Å². The van der Waals surface area contributed by atoms with Gasteiger partial charge in [0.2, 0.25) is 0 Å². The number of halogens is 1. The molecule has 0 saturated carbocycles. The number of benzene rings is 1. The van der Waals surface area contributed by atoms with Crippen molar-refractivity contribution in [3.05, 3.63) is 57.1 Å². The van der Waals surface area contributed by atoms with Gasteiger partial charge in [0.05, 0.1) is 6.04 Å². The highest BCUT2D eigenvalue weighted by molar-refractivity contribution is 14.1. The first-order chi connectivity index (χ1) is 9.24. The summed E-state index contributed by atoms with van der Waals surface area (Å²) in [4.78, 5) is 0. The second-order valence-electron chi connectivity index (χ2n) is 4.28. The van der Waals surface area contributed by atoms with Crippen LogP contribution in [0, 0.1) is 3.57 Å². The van der Waals surface area contributed by atoms with Gasteiger partial charge >= 0.3 is 0 Å². The van der Waals surface area contributed by atoms with E-state index in [1.807, 2.05) is 12.1 Å². The maximum absolute atomic E-state index is 5.84. The first-order valence-electron chi connectivity index (χ1n) is 6.31. The molecule has 19 heavy (non-hydrogen) atoms. The standard InChI is InChI=1S/C15H18INO2/c1-3-17-15(11-5-4-6-12(16)9-11)14-8-7-13(19-14)10-18-2/h4-9,15,17H,3,10H2,1-2H3. The Hall–Kier alpha value is -0.850. The van der Waals surface area contributed by atoms with Crippen LogP contribution in [0.1, 0.15) is 30.0 Å². The minimum absolute atomic E-state index is 0.0883. The number of ether oxygens (including phenoxy) is 1. The maximum Gasteiger partial charge on any atom is 0.129 e. The SMILES string of the molecule is CCNC(c1cccc(I)c1)c1ccc(COC)o1. The van der Waals surface area contributed by atoms with Gasteiger partial charge in [0, 0.05) is 10.7 Å². The summed E-state index contributed by atoms with van der Waals surface area (Å²) in [5, 5.41) is 3.46. The Labute approximate surface area is 127 Å². The minimum Gasteiger partial charge on any atom is -0.462 e. The van der Waals surface area contributed by atoms with Crippen LogP contribution in [0.2, 0.25) is 0 Å². The Morgan fingerprint density at radius 2 is 2.16 bits per heavy atom. The molecule has 1 aromatic heterocycles. The normalized spacial score (nSPS) is 12.6. The lowest BCUT2D eigenvalue weighted by molar-refractivity contribution is 0.162. The largest absolute Gasteiger partial charge is 0.462 e. The Balaban J connectivity index is 2.28. The molecule has 0 aliphatic rings. The number of furan rings is 1. The van der Waals surface area contributed by atoms with E-state index in [0.29, 0.717) is 6.61 Å². The van der Waals surface area contributed by atoms with Crippen LogP contribution in [0.4, 0.5) is 0 Å². The van der Waals surface area contributed by atoms with E-state index in [1.54, 1.807) is 7.11 Å². The molecule has 1 unspecified atom stereocenters. The average molecular weight is 371 g/mol. The quantitative estimate of drug-likeness (QED) is 0.786. The van der Waals surface area contributed by atoms with Crippen LogP contribution >= 0.6 is 22.6 Å². The monoisotopic (exact) mass is 371 g/mol. The van der Waals surface area contributed by atoms with Gasteiger partial charge in [0.1, 0.15) is 18.1 Å². The van der Waals surface area contributed by atoms with E-state index in [-0.39, 0.29) is 6.04 Å². The van der Waals surface area contributed by atoms with Crippen molar-refractivity contribution in [2.45, 2.75) is 19.6 Å². The molecule has 0 bridgehead atoms. The van der Waals surface area contributed by atoms with Crippen molar-refractivity contribution in [2.24, 2.45) is 0 Å². The van der Waals surface area contributed by atoms with Crippen LogP contribution in [-0.2, 0) is 11.3 Å². The fraction of sp³-hybridized carbons (Fsp3) is 0.333. The lowest BCUT2D eigenvalue weighted by atomic mass is 10.0. The molecule has 2 aromatic rings. The first-order valence-corrected chi connectivity index (χ1v) is 7.39. The van der Waals surface area contributed by atoms with Crippen LogP contribution < -0.4 is 5.32 Å². The molecule has 1 aromatic carbocycles. The highest BCUT2D eigenvalue weighted by Gasteiger charge is 2.17. The molecule has 0 aliphatic carbocycles. The van der Waals surface area contributed by atoms with Gasteiger partial charge in [-0.15, -0.1) is 0 Å². The molecular weight excluding hydrogens is 353 g/mol. The van der Waals surface area contributed by atoms with Gasteiger partial charge in [-0.2, -0.15) is 0 Å².